The number of oxazole rings is 1. The Bertz CT molecular complexity index is 770. The van der Waals surface area contributed by atoms with Crippen molar-refractivity contribution in [2.24, 2.45) is 0 Å². The maximum Gasteiger partial charge on any atom is 0.219 e. The number of rotatable bonds is 3. The Labute approximate surface area is 117 Å². The average molecular weight is 262 g/mol. The number of pyridine rings is 1. The first-order valence-electron chi connectivity index (χ1n) is 6.43. The van der Waals surface area contributed by atoms with Crippen molar-refractivity contribution in [1.29, 1.82) is 0 Å². The van der Waals surface area contributed by atoms with Gasteiger partial charge in [0, 0.05) is 18.5 Å². The molecule has 3 nitrogen and oxygen atoms in total. The summed E-state index contributed by atoms with van der Waals surface area (Å²) in [6, 6.07) is 9.88. The van der Waals surface area contributed by atoms with Gasteiger partial charge in [0.2, 0.25) is 5.89 Å². The zero-order valence-electron chi connectivity index (χ0n) is 11.2. The van der Waals surface area contributed by atoms with Crippen LogP contribution in [-0.2, 0) is 0 Å². The molecule has 0 saturated carbocycles. The molecule has 0 spiro atoms. The Balaban J connectivity index is 1.76. The van der Waals surface area contributed by atoms with Gasteiger partial charge in [-0.3, -0.25) is 4.98 Å². The summed E-state index contributed by atoms with van der Waals surface area (Å²) in [7, 11) is 0. The van der Waals surface area contributed by atoms with Gasteiger partial charge in [-0.25, -0.2) is 4.98 Å². The van der Waals surface area contributed by atoms with Crippen molar-refractivity contribution >= 4 is 23.3 Å². The van der Waals surface area contributed by atoms with E-state index >= 15 is 0 Å². The molecule has 2 heterocycles. The molecular weight excluding hydrogens is 248 g/mol. The van der Waals surface area contributed by atoms with E-state index in [4.69, 9.17) is 4.42 Å². The normalized spacial score (nSPS) is 11.8. The summed E-state index contributed by atoms with van der Waals surface area (Å²) in [5.74, 6) is 0.616. The second kappa shape index (κ2) is 5.53. The molecule has 3 rings (SSSR count). The lowest BCUT2D eigenvalue weighted by Crippen LogP contribution is -1.72. The summed E-state index contributed by atoms with van der Waals surface area (Å²) in [6.07, 6.45) is 11.3. The number of benzene rings is 1. The summed E-state index contributed by atoms with van der Waals surface area (Å²) >= 11 is 0. The highest BCUT2D eigenvalue weighted by Crippen LogP contribution is 2.17. The van der Waals surface area contributed by atoms with E-state index in [0.717, 1.165) is 16.7 Å². The Kier molecular flexibility index (Phi) is 3.42. The molecule has 1 aromatic carbocycles. The van der Waals surface area contributed by atoms with Gasteiger partial charge in [-0.05, 0) is 42.3 Å². The van der Waals surface area contributed by atoms with E-state index in [1.807, 2.05) is 61.6 Å². The molecule has 0 radical (unpaired) electrons. The van der Waals surface area contributed by atoms with Gasteiger partial charge in [-0.2, -0.15) is 0 Å². The average Bonchev–Trinajstić information content (AvgIpc) is 2.86. The van der Waals surface area contributed by atoms with Crippen molar-refractivity contribution in [2.75, 3.05) is 0 Å². The molecule has 0 aliphatic carbocycles. The van der Waals surface area contributed by atoms with E-state index in [0.29, 0.717) is 5.89 Å². The molecule has 2 aromatic heterocycles. The van der Waals surface area contributed by atoms with E-state index in [-0.39, 0.29) is 0 Å². The van der Waals surface area contributed by atoms with E-state index in [2.05, 4.69) is 9.97 Å². The van der Waals surface area contributed by atoms with Gasteiger partial charge in [0.1, 0.15) is 5.52 Å². The predicted octanol–water partition coefficient (Wildman–Crippen LogP) is 4.26. The largest absolute Gasteiger partial charge is 0.437 e. The summed E-state index contributed by atoms with van der Waals surface area (Å²) in [4.78, 5) is 8.40. The second-order valence-electron chi connectivity index (χ2n) is 4.52. The highest BCUT2D eigenvalue weighted by atomic mass is 16.3. The molecule has 20 heavy (non-hydrogen) atoms. The first-order chi connectivity index (χ1) is 9.81. The van der Waals surface area contributed by atoms with Crippen molar-refractivity contribution < 1.29 is 4.42 Å². The molecule has 0 bridgehead atoms. The van der Waals surface area contributed by atoms with Crippen LogP contribution in [0, 0.1) is 6.92 Å². The third-order valence-corrected chi connectivity index (χ3v) is 2.90. The van der Waals surface area contributed by atoms with Crippen molar-refractivity contribution in [3.8, 4) is 0 Å². The molecule has 0 aliphatic rings. The standard InChI is InChI=1S/C17H14N2O/c1-13-6-7-16-15(12-13)19-17(20-16)5-3-2-4-14-8-10-18-11-9-14/h2-12H,1H3/b4-2+,5-3+. The highest BCUT2D eigenvalue weighted by Gasteiger charge is 2.01. The fourth-order valence-corrected chi connectivity index (χ4v) is 1.91. The number of aryl methyl sites for hydroxylation is 1. The minimum Gasteiger partial charge on any atom is -0.437 e. The summed E-state index contributed by atoms with van der Waals surface area (Å²) in [5, 5.41) is 0. The van der Waals surface area contributed by atoms with Gasteiger partial charge >= 0.3 is 0 Å². The molecular formula is C17H14N2O. The molecule has 0 N–H and O–H groups in total. The third-order valence-electron chi connectivity index (χ3n) is 2.90. The predicted molar refractivity (Wildman–Crippen MR) is 81.1 cm³/mol. The number of fused-ring (bicyclic) bond motifs is 1. The molecule has 98 valence electrons. The minimum absolute atomic E-state index is 0.616. The van der Waals surface area contributed by atoms with Gasteiger partial charge in [0.15, 0.2) is 5.58 Å². The zero-order chi connectivity index (χ0) is 13.8. The Morgan fingerprint density at radius 3 is 2.65 bits per heavy atom. The molecule has 0 fully saturated rings. The maximum atomic E-state index is 5.63. The Morgan fingerprint density at radius 1 is 1.00 bits per heavy atom. The molecule has 0 amide bonds. The van der Waals surface area contributed by atoms with Gasteiger partial charge in [0.25, 0.3) is 0 Å². The lowest BCUT2D eigenvalue weighted by Gasteiger charge is -1.87. The SMILES string of the molecule is Cc1ccc2oc(/C=C/C=C/c3ccncc3)nc2c1. The molecule has 0 aliphatic heterocycles. The lowest BCUT2D eigenvalue weighted by molar-refractivity contribution is 0.589. The van der Waals surface area contributed by atoms with Crippen LogP contribution in [0.3, 0.4) is 0 Å². The summed E-state index contributed by atoms with van der Waals surface area (Å²) < 4.78 is 5.63. The minimum atomic E-state index is 0.616. The van der Waals surface area contributed by atoms with Crippen molar-refractivity contribution in [3.05, 3.63) is 71.9 Å². The van der Waals surface area contributed by atoms with Crippen LogP contribution in [0.2, 0.25) is 0 Å². The Morgan fingerprint density at radius 2 is 1.80 bits per heavy atom. The highest BCUT2D eigenvalue weighted by molar-refractivity contribution is 5.74. The molecule has 3 heteroatoms. The van der Waals surface area contributed by atoms with Gasteiger partial charge in [0.05, 0.1) is 0 Å². The Hall–Kier alpha value is -2.68. The number of hydrogen-bond donors (Lipinski definition) is 0. The fraction of sp³-hybridized carbons (Fsp3) is 0.0588. The molecule has 0 unspecified atom stereocenters. The van der Waals surface area contributed by atoms with Crippen LogP contribution in [0.1, 0.15) is 17.0 Å². The van der Waals surface area contributed by atoms with Gasteiger partial charge in [-0.1, -0.05) is 24.3 Å². The smallest absolute Gasteiger partial charge is 0.219 e. The monoisotopic (exact) mass is 262 g/mol. The van der Waals surface area contributed by atoms with Crippen molar-refractivity contribution in [2.45, 2.75) is 6.92 Å². The van der Waals surface area contributed by atoms with E-state index < -0.39 is 0 Å². The fourth-order valence-electron chi connectivity index (χ4n) is 1.91. The summed E-state index contributed by atoms with van der Waals surface area (Å²) in [5.41, 5.74) is 3.99. The molecule has 3 aromatic rings. The van der Waals surface area contributed by atoms with Gasteiger partial charge in [-0.15, -0.1) is 0 Å². The van der Waals surface area contributed by atoms with Crippen LogP contribution in [0.5, 0.6) is 0 Å². The van der Waals surface area contributed by atoms with Crippen LogP contribution >= 0.6 is 0 Å². The van der Waals surface area contributed by atoms with Crippen molar-refractivity contribution in [1.82, 2.24) is 9.97 Å². The number of allylic oxidation sites excluding steroid dienone is 2. The topological polar surface area (TPSA) is 38.9 Å². The van der Waals surface area contributed by atoms with Crippen LogP contribution in [-0.4, -0.2) is 9.97 Å². The van der Waals surface area contributed by atoms with Gasteiger partial charge < -0.3 is 4.42 Å². The first kappa shape index (κ1) is 12.4. The van der Waals surface area contributed by atoms with Crippen LogP contribution < -0.4 is 0 Å². The van der Waals surface area contributed by atoms with E-state index in [1.54, 1.807) is 12.4 Å². The van der Waals surface area contributed by atoms with Crippen molar-refractivity contribution in [3.63, 3.8) is 0 Å². The summed E-state index contributed by atoms with van der Waals surface area (Å²) in [6.45, 7) is 2.04. The van der Waals surface area contributed by atoms with Crippen LogP contribution in [0.25, 0.3) is 23.3 Å². The third kappa shape index (κ3) is 2.83. The van der Waals surface area contributed by atoms with Crippen LogP contribution in [0.15, 0.2) is 59.3 Å². The first-order valence-corrected chi connectivity index (χ1v) is 6.43. The second-order valence-corrected chi connectivity index (χ2v) is 4.52. The molecule has 0 atom stereocenters. The quantitative estimate of drug-likeness (QED) is 0.662. The van der Waals surface area contributed by atoms with E-state index in [9.17, 15) is 0 Å². The number of hydrogen-bond acceptors (Lipinski definition) is 3. The maximum absolute atomic E-state index is 5.63. The van der Waals surface area contributed by atoms with E-state index in [1.165, 1.54) is 5.56 Å². The lowest BCUT2D eigenvalue weighted by atomic mass is 10.2. The number of aromatic nitrogens is 2. The number of nitrogens with zero attached hydrogens (tertiary/aromatic N) is 2. The molecule has 0 saturated heterocycles. The van der Waals surface area contributed by atoms with Crippen LogP contribution in [0.4, 0.5) is 0 Å². The zero-order valence-corrected chi connectivity index (χ0v) is 11.2.